The van der Waals surface area contributed by atoms with E-state index in [-0.39, 0.29) is 156 Å². The average molecular weight is 648 g/mol. The minimum atomic E-state index is 0. The molecule has 0 amide bonds. The molecule has 0 N–H and O–H groups in total. The zero-order chi connectivity index (χ0) is 35.4. The topological polar surface area (TPSA) is 97.0 Å². The summed E-state index contributed by atoms with van der Waals surface area (Å²) in [5, 5.41) is 23.8. The molecule has 0 bridgehead atoms. The monoisotopic (exact) mass is 648 g/mol. The number of rotatable bonds is 9. The molecule has 0 aliphatic carbocycles. The van der Waals surface area contributed by atoms with Gasteiger partial charge in [0.05, 0.1) is 5.54 Å². The van der Waals surface area contributed by atoms with E-state index in [1.54, 1.807) is 94.9 Å². The summed E-state index contributed by atoms with van der Waals surface area (Å²) < 4.78 is 0. The van der Waals surface area contributed by atoms with Crippen LogP contribution in [0.5, 0.6) is 0 Å². The summed E-state index contributed by atoms with van der Waals surface area (Å²) in [6, 6.07) is 0. The molecular weight excluding hydrogens is 579 g/mol. The molecule has 0 aromatic carbocycles. The quantitative estimate of drug-likeness (QED) is 0.135. The van der Waals surface area contributed by atoms with Gasteiger partial charge in [-0.15, -0.1) is 37.8 Å². The first-order chi connectivity index (χ1) is 19.6. The Labute approximate surface area is 399 Å². The summed E-state index contributed by atoms with van der Waals surface area (Å²) in [4.78, 5) is 4.13. The van der Waals surface area contributed by atoms with Gasteiger partial charge >= 0.3 is 132 Å². The van der Waals surface area contributed by atoms with Crippen LogP contribution in [0, 0.1) is 0 Å². The Balaban J connectivity index is -0.0000000270. The number of aliphatic imine (C=N–C) groups is 1. The van der Waals surface area contributed by atoms with Crippen molar-refractivity contribution in [3.8, 4) is 0 Å². The van der Waals surface area contributed by atoms with Crippen LogP contribution in [0.3, 0.4) is 0 Å². The van der Waals surface area contributed by atoms with Crippen molar-refractivity contribution in [2.45, 2.75) is 105 Å². The van der Waals surface area contributed by atoms with Gasteiger partial charge in [0.25, 0.3) is 0 Å². The van der Waals surface area contributed by atoms with Gasteiger partial charge in [0.1, 0.15) is 0 Å². The van der Waals surface area contributed by atoms with Gasteiger partial charge in [0, 0.05) is 6.21 Å². The molecule has 0 atom stereocenters. The molecule has 0 saturated carbocycles. The van der Waals surface area contributed by atoms with Crippen LogP contribution in [-0.4, -0.2) is 49.5 Å². The maximum absolute atomic E-state index is 4.29. The molecule has 254 valence electrons. The standard InChI is InChI=1S/C10H20N2.C7H14N2.C7H13N.C4H8N2.2C4H6.7Li.H/c1-9(2,3)11-7-8-12-10(4,5)6;1-7(2,3)9-6-5-8-4;1-5-6-8-7(2,3)4;1-5-3-4-6-2;2*1-3-4-2;;;;;;;;/h7-8H,1-6H3;5-6H,1-4H3;5-6H,1H2,2-4H3;3-4H,1-2H3;2*3-4H,1-2H2;;;;;;;;/q2*-2;;-2;;;7*+1;-1/b8-7-;6-5-;;4-3-;;;;;;;;;;. The first-order valence-electron chi connectivity index (χ1n) is 14.1. The summed E-state index contributed by atoms with van der Waals surface area (Å²) in [5.74, 6) is 0. The van der Waals surface area contributed by atoms with Gasteiger partial charge in [0.15, 0.2) is 0 Å². The van der Waals surface area contributed by atoms with E-state index in [0.717, 1.165) is 0 Å². The Kier molecular flexibility index (Phi) is 108. The van der Waals surface area contributed by atoms with Crippen molar-refractivity contribution in [3.05, 3.63) is 132 Å². The van der Waals surface area contributed by atoms with E-state index < -0.39 is 0 Å². The van der Waals surface area contributed by atoms with Crippen molar-refractivity contribution in [2.24, 2.45) is 4.99 Å². The number of hydrogen-bond donors (Lipinski definition) is 0. The number of hydrogen-bond acceptors (Lipinski definition) is 1. The van der Waals surface area contributed by atoms with Crippen molar-refractivity contribution < 1.29 is 133 Å². The summed E-state index contributed by atoms with van der Waals surface area (Å²) in [6.07, 6.45) is 20.2. The fourth-order valence-corrected chi connectivity index (χ4v) is 1.25. The van der Waals surface area contributed by atoms with Crippen LogP contribution in [0.2, 0.25) is 0 Å². The SMILES string of the molecule is C=CC=C.C=CC=C.C=CC=NC(C)(C)C.CC(C)(C)[N-]/C=C\[N-]C(C)(C)C.C[N-]/C=C\[N-]C.C[N-]/C=C\[N-]C(C)(C)C.[H-].[Li+].[Li+].[Li+].[Li+].[Li+].[Li+].[Li+]. The predicted octanol–water partition coefficient (Wildman–Crippen LogP) is -8.20. The van der Waals surface area contributed by atoms with Crippen LogP contribution < -0.4 is 132 Å². The van der Waals surface area contributed by atoms with Crippen LogP contribution in [0.15, 0.2) is 105 Å². The number of allylic oxidation sites excluding steroid dienone is 5. The smallest absolute Gasteiger partial charge is 1.00 e. The fraction of sp³-hybridized carbons (Fsp3) is 0.528. The van der Waals surface area contributed by atoms with Gasteiger partial charge in [-0.3, -0.25) is 4.99 Å². The largest absolute Gasteiger partial charge is 1.00 e. The second-order valence-electron chi connectivity index (χ2n) is 12.2. The van der Waals surface area contributed by atoms with E-state index in [1.165, 1.54) is 0 Å². The Bertz CT molecular complexity index is 735. The first-order valence-corrected chi connectivity index (χ1v) is 14.1. The second-order valence-corrected chi connectivity index (χ2v) is 12.2. The molecule has 0 aliphatic heterocycles. The molecule has 0 rings (SSSR count). The summed E-state index contributed by atoms with van der Waals surface area (Å²) in [6.45, 7) is 41.6. The average Bonchev–Trinajstić information content (AvgIpc) is 2.88. The predicted molar refractivity (Wildman–Crippen MR) is 205 cm³/mol. The molecule has 0 radical (unpaired) electrons. The van der Waals surface area contributed by atoms with Crippen molar-refractivity contribution in [3.63, 3.8) is 0 Å². The van der Waals surface area contributed by atoms with E-state index >= 15 is 0 Å². The summed E-state index contributed by atoms with van der Waals surface area (Å²) in [5.41, 5.74) is 0.0865. The van der Waals surface area contributed by atoms with Crippen LogP contribution in [0.1, 0.15) is 84.5 Å². The van der Waals surface area contributed by atoms with Gasteiger partial charge < -0.3 is 33.3 Å². The van der Waals surface area contributed by atoms with E-state index in [1.807, 2.05) is 41.5 Å². The normalized spacial score (nSPS) is 9.26. The minimum Gasteiger partial charge on any atom is -1.00 e. The Hall–Kier alpha value is 0.572. The van der Waals surface area contributed by atoms with Crippen LogP contribution >= 0.6 is 0 Å². The molecule has 0 fully saturated rings. The van der Waals surface area contributed by atoms with E-state index in [9.17, 15) is 0 Å². The molecule has 0 heterocycles. The van der Waals surface area contributed by atoms with Gasteiger partial charge in [0.2, 0.25) is 0 Å². The van der Waals surface area contributed by atoms with Crippen molar-refractivity contribution in [2.75, 3.05) is 21.1 Å². The van der Waals surface area contributed by atoms with Crippen molar-refractivity contribution in [1.29, 1.82) is 0 Å². The molecule has 0 aromatic heterocycles. The van der Waals surface area contributed by atoms with E-state index in [4.69, 9.17) is 0 Å². The van der Waals surface area contributed by atoms with E-state index in [0.29, 0.717) is 0 Å². The molecule has 0 spiro atoms. The van der Waals surface area contributed by atoms with Crippen LogP contribution in [-0.2, 0) is 0 Å². The van der Waals surface area contributed by atoms with Gasteiger partial charge in [-0.25, -0.2) is 37.2 Å². The molecule has 0 aliphatic rings. The van der Waals surface area contributed by atoms with E-state index in [2.05, 4.69) is 111 Å². The fourth-order valence-electron chi connectivity index (χ4n) is 1.25. The Morgan fingerprint density at radius 1 is 0.380 bits per heavy atom. The van der Waals surface area contributed by atoms with Gasteiger partial charge in [-0.05, 0) is 20.8 Å². The summed E-state index contributed by atoms with van der Waals surface area (Å²) >= 11 is 0. The van der Waals surface area contributed by atoms with Crippen LogP contribution in [0.25, 0.3) is 31.9 Å². The third-order valence-electron chi connectivity index (χ3n) is 2.93. The Morgan fingerprint density at radius 3 is 0.700 bits per heavy atom. The van der Waals surface area contributed by atoms with Gasteiger partial charge in [-0.1, -0.05) is 126 Å². The van der Waals surface area contributed by atoms with Gasteiger partial charge in [-0.2, -0.15) is 0 Å². The maximum Gasteiger partial charge on any atom is 1.00 e. The second kappa shape index (κ2) is 61.6. The molecule has 7 nitrogen and oxygen atoms in total. The molecule has 50 heavy (non-hydrogen) atoms. The maximum atomic E-state index is 4.29. The molecule has 0 unspecified atom stereocenters. The number of nitrogens with zero attached hydrogens (tertiary/aromatic N) is 7. The van der Waals surface area contributed by atoms with Crippen molar-refractivity contribution >= 4 is 6.21 Å². The third-order valence-corrected chi connectivity index (χ3v) is 2.93. The first kappa shape index (κ1) is 88.0. The molecule has 14 heteroatoms. The van der Waals surface area contributed by atoms with Crippen LogP contribution in [0.4, 0.5) is 0 Å². The molecule has 0 aromatic rings. The minimum absolute atomic E-state index is 0. The molecule has 0 saturated heterocycles. The molecular formula is C36H68Li7N7. The van der Waals surface area contributed by atoms with Crippen molar-refractivity contribution in [1.82, 2.24) is 0 Å². The summed E-state index contributed by atoms with van der Waals surface area (Å²) in [7, 11) is 5.15. The third kappa shape index (κ3) is 168. The zero-order valence-corrected chi connectivity index (χ0v) is 37.6. The Morgan fingerprint density at radius 2 is 0.580 bits per heavy atom. The zero-order valence-electron chi connectivity index (χ0n) is 38.6.